The van der Waals surface area contributed by atoms with E-state index < -0.39 is 10.2 Å². The van der Waals surface area contributed by atoms with Gasteiger partial charge in [0, 0.05) is 0 Å². The van der Waals surface area contributed by atoms with E-state index in [4.69, 9.17) is 18.6 Å². The molecule has 0 heterocycles. The van der Waals surface area contributed by atoms with Crippen LogP contribution >= 0.6 is 0 Å². The Bertz CT molecular complexity index is 137. The number of halogens is 1. The Morgan fingerprint density at radius 2 is 1.08 bits per heavy atom. The van der Waals surface area contributed by atoms with Crippen LogP contribution in [0.1, 0.15) is 27.7 Å². The molecule has 80 valence electrons. The lowest BCUT2D eigenvalue weighted by atomic mass is 10.3. The molecule has 5 nitrogen and oxygen atoms in total. The predicted molar refractivity (Wildman–Crippen MR) is 37.7 cm³/mol. The van der Waals surface area contributed by atoms with E-state index in [-0.39, 0.29) is 0 Å². The fraction of sp³-hybridized carbons (Fsp3) is 0.857. The second-order valence-corrected chi connectivity index (χ2v) is 3.84. The summed E-state index contributed by atoms with van der Waals surface area (Å²) in [6.45, 7) is 12.5. The van der Waals surface area contributed by atoms with Gasteiger partial charge in [-0.3, -0.25) is 0 Å². The van der Waals surface area contributed by atoms with Crippen LogP contribution < -0.4 is 18.6 Å². The van der Waals surface area contributed by atoms with Gasteiger partial charge in [-0.05, 0) is 27.7 Å². The molecule has 0 aliphatic heterocycles. The smallest absolute Gasteiger partial charge is 0.146 e. The van der Waals surface area contributed by atoms with Crippen molar-refractivity contribution in [1.29, 1.82) is 0 Å². The van der Waals surface area contributed by atoms with E-state index in [0.29, 0.717) is 12.1 Å². The van der Waals surface area contributed by atoms with Crippen molar-refractivity contribution in [2.75, 3.05) is 0 Å². The van der Waals surface area contributed by atoms with Crippen molar-refractivity contribution in [3.8, 4) is 0 Å². The summed E-state index contributed by atoms with van der Waals surface area (Å²) in [5.41, 5.74) is 0. The van der Waals surface area contributed by atoms with Crippen LogP contribution in [0.2, 0.25) is 0 Å². The zero-order valence-electron chi connectivity index (χ0n) is 8.32. The molecule has 0 rings (SSSR count). The molecule has 0 aromatic rings. The summed E-state index contributed by atoms with van der Waals surface area (Å²) in [5.74, 6) is 0. The zero-order valence-corrected chi connectivity index (χ0v) is 9.08. The molecule has 0 aliphatic rings. The van der Waals surface area contributed by atoms with Gasteiger partial charge in [-0.2, -0.15) is 0 Å². The monoisotopic (exact) mass is 213 g/mol. The molecule has 6 heteroatoms. The molecule has 0 bridgehead atoms. The van der Waals surface area contributed by atoms with Gasteiger partial charge in [0.1, 0.15) is 18.8 Å². The molecule has 0 N–H and O–H groups in total. The molecule has 0 spiro atoms. The third-order valence-corrected chi connectivity index (χ3v) is 1.33. The first-order chi connectivity index (χ1) is 5.55. The van der Waals surface area contributed by atoms with Crippen LogP contribution in [-0.2, 0) is 0 Å². The van der Waals surface area contributed by atoms with Crippen molar-refractivity contribution in [3.63, 3.8) is 0 Å². The highest BCUT2D eigenvalue weighted by atomic mass is 35.7. The van der Waals surface area contributed by atoms with Crippen LogP contribution in [0.3, 0.4) is 0 Å². The average Bonchev–Trinajstić information content (AvgIpc) is 1.81. The van der Waals surface area contributed by atoms with Crippen molar-refractivity contribution in [2.45, 2.75) is 39.8 Å². The van der Waals surface area contributed by atoms with Gasteiger partial charge in [0.25, 0.3) is 0 Å². The minimum absolute atomic E-state index is 0.565. The summed E-state index contributed by atoms with van der Waals surface area (Å²) < 4.78 is 36.1. The SMILES string of the molecule is C=[N+](C(C)C)C(C)C.[O-][Cl+3]([O-])([O-])[O-]. The molecule has 0 unspecified atom stereocenters. The molecule has 0 aromatic heterocycles. The fourth-order valence-electron chi connectivity index (χ4n) is 0.596. The normalized spacial score (nSPS) is 11.2. The van der Waals surface area contributed by atoms with Gasteiger partial charge in [-0.25, -0.2) is 23.2 Å². The Balaban J connectivity index is 0. The molecule has 0 saturated heterocycles. The summed E-state index contributed by atoms with van der Waals surface area (Å²) in [6, 6.07) is 1.13. The lowest BCUT2D eigenvalue weighted by Gasteiger charge is -2.17. The van der Waals surface area contributed by atoms with Crippen LogP contribution in [0.25, 0.3) is 0 Å². The number of hydrogen-bond acceptors (Lipinski definition) is 4. The summed E-state index contributed by atoms with van der Waals surface area (Å²) in [5, 5.41) is 0. The summed E-state index contributed by atoms with van der Waals surface area (Å²) in [6.07, 6.45) is 0. The van der Waals surface area contributed by atoms with Crippen molar-refractivity contribution >= 4 is 6.72 Å². The van der Waals surface area contributed by atoms with E-state index in [2.05, 4.69) is 39.0 Å². The molecular weight excluding hydrogens is 198 g/mol. The van der Waals surface area contributed by atoms with Crippen molar-refractivity contribution in [2.24, 2.45) is 0 Å². The molecule has 0 radical (unpaired) electrons. The maximum atomic E-state index is 8.49. The van der Waals surface area contributed by atoms with Gasteiger partial charge in [0.2, 0.25) is 0 Å². The standard InChI is InChI=1S/C7H16N.ClHO4/c1-6(2)8(5)7(3)4;2-1(3,4)5/h6-7H,5H2,1-4H3;(H,2,3,4,5)/q+1;/p-1. The molecule has 13 heavy (non-hydrogen) atoms. The molecule has 0 aromatic carbocycles. The Hall–Kier alpha value is -0.200. The van der Waals surface area contributed by atoms with E-state index in [9.17, 15) is 0 Å². The van der Waals surface area contributed by atoms with Gasteiger partial charge >= 0.3 is 0 Å². The van der Waals surface area contributed by atoms with Crippen LogP contribution in [0.5, 0.6) is 0 Å². The maximum absolute atomic E-state index is 8.49. The molecule has 0 atom stereocenters. The Morgan fingerprint density at radius 1 is 0.923 bits per heavy atom. The van der Waals surface area contributed by atoms with Crippen LogP contribution in [0.4, 0.5) is 0 Å². The van der Waals surface area contributed by atoms with Gasteiger partial charge in [0.15, 0.2) is 0 Å². The van der Waals surface area contributed by atoms with Crippen molar-refractivity contribution in [3.05, 3.63) is 0 Å². The molecule has 0 amide bonds. The first-order valence-corrected chi connectivity index (χ1v) is 4.99. The summed E-state index contributed by atoms with van der Waals surface area (Å²) in [7, 11) is -4.94. The minimum Gasteiger partial charge on any atom is -0.238 e. The quantitative estimate of drug-likeness (QED) is 0.356. The number of hydrogen-bond donors (Lipinski definition) is 0. The third-order valence-electron chi connectivity index (χ3n) is 1.33. The van der Waals surface area contributed by atoms with Gasteiger partial charge in [-0.1, -0.05) is 0 Å². The lowest BCUT2D eigenvalue weighted by molar-refractivity contribution is -2.00. The summed E-state index contributed by atoms with van der Waals surface area (Å²) >= 11 is 0. The maximum Gasteiger partial charge on any atom is 0.146 e. The van der Waals surface area contributed by atoms with E-state index in [1.165, 1.54) is 0 Å². The highest BCUT2D eigenvalue weighted by Crippen LogP contribution is 1.92. The Morgan fingerprint density at radius 3 is 1.08 bits per heavy atom. The lowest BCUT2D eigenvalue weighted by Crippen LogP contribution is -2.68. The highest BCUT2D eigenvalue weighted by molar-refractivity contribution is 5.14. The van der Waals surface area contributed by atoms with Gasteiger partial charge in [0.05, 0.1) is 0 Å². The van der Waals surface area contributed by atoms with E-state index >= 15 is 0 Å². The number of rotatable bonds is 2. The van der Waals surface area contributed by atoms with E-state index in [0.717, 1.165) is 0 Å². The molecule has 0 saturated carbocycles. The second-order valence-electron chi connectivity index (χ2n) is 3.08. The number of nitrogens with zero attached hydrogens (tertiary/aromatic N) is 1. The summed E-state index contributed by atoms with van der Waals surface area (Å²) in [4.78, 5) is 0. The van der Waals surface area contributed by atoms with Gasteiger partial charge < -0.3 is 0 Å². The zero-order chi connectivity index (χ0) is 11.2. The third kappa shape index (κ3) is 18.6. The molecule has 0 aliphatic carbocycles. The highest BCUT2D eigenvalue weighted by Gasteiger charge is 2.08. The minimum atomic E-state index is -4.94. The predicted octanol–water partition coefficient (Wildman–Crippen LogP) is -3.24. The first kappa shape index (κ1) is 15.3. The molecular formula is C7H16ClNO4. The van der Waals surface area contributed by atoms with E-state index in [1.54, 1.807) is 0 Å². The van der Waals surface area contributed by atoms with Crippen LogP contribution in [0.15, 0.2) is 0 Å². The fourth-order valence-corrected chi connectivity index (χ4v) is 0.596. The topological polar surface area (TPSA) is 95.2 Å². The van der Waals surface area contributed by atoms with Crippen molar-refractivity contribution in [1.82, 2.24) is 0 Å². The average molecular weight is 214 g/mol. The van der Waals surface area contributed by atoms with E-state index in [1.807, 2.05) is 0 Å². The van der Waals surface area contributed by atoms with Crippen LogP contribution in [-0.4, -0.2) is 23.4 Å². The molecule has 0 fully saturated rings. The largest absolute Gasteiger partial charge is 0.238 e. The first-order valence-electron chi connectivity index (χ1n) is 3.76. The Kier molecular flexibility index (Phi) is 7.39. The Labute approximate surface area is 80.7 Å². The van der Waals surface area contributed by atoms with Gasteiger partial charge in [-0.15, -0.1) is 10.2 Å². The second kappa shape index (κ2) is 6.28. The van der Waals surface area contributed by atoms with Crippen LogP contribution in [0, 0.1) is 10.2 Å². The van der Waals surface area contributed by atoms with Crippen molar-refractivity contribution < 1.29 is 33.5 Å².